The van der Waals surface area contributed by atoms with E-state index in [0.717, 1.165) is 17.6 Å². The molecule has 0 aliphatic heterocycles. The Labute approximate surface area is 123 Å². The number of nitrogens with two attached hydrogens (primary N) is 1. The maximum absolute atomic E-state index is 14.0. The van der Waals surface area contributed by atoms with E-state index in [1.54, 1.807) is 12.1 Å². The molecule has 1 aromatic rings. The SMILES string of the molecule is CCOCCN(CC)C(CN)c1cc(Br)ccc1F. The minimum atomic E-state index is -0.214. The van der Waals surface area contributed by atoms with Crippen LogP contribution in [-0.2, 0) is 4.74 Å². The van der Waals surface area contributed by atoms with E-state index in [9.17, 15) is 4.39 Å². The molecule has 3 nitrogen and oxygen atoms in total. The van der Waals surface area contributed by atoms with Gasteiger partial charge in [-0.15, -0.1) is 0 Å². The van der Waals surface area contributed by atoms with Gasteiger partial charge in [0.1, 0.15) is 5.82 Å². The molecule has 0 heterocycles. The summed E-state index contributed by atoms with van der Waals surface area (Å²) < 4.78 is 20.2. The molecule has 1 atom stereocenters. The van der Waals surface area contributed by atoms with Gasteiger partial charge in [-0.1, -0.05) is 22.9 Å². The Bertz CT molecular complexity index is 390. The Morgan fingerprint density at radius 2 is 2.16 bits per heavy atom. The van der Waals surface area contributed by atoms with Crippen LogP contribution < -0.4 is 5.73 Å². The third-order valence-electron chi connectivity index (χ3n) is 3.11. The Hall–Kier alpha value is -0.490. The summed E-state index contributed by atoms with van der Waals surface area (Å²) in [5.41, 5.74) is 6.47. The van der Waals surface area contributed by atoms with Crippen molar-refractivity contribution in [1.82, 2.24) is 4.90 Å². The average Bonchev–Trinajstić information content (AvgIpc) is 2.41. The monoisotopic (exact) mass is 332 g/mol. The van der Waals surface area contributed by atoms with E-state index in [1.165, 1.54) is 6.07 Å². The van der Waals surface area contributed by atoms with E-state index in [1.807, 2.05) is 13.8 Å². The summed E-state index contributed by atoms with van der Waals surface area (Å²) in [6.45, 7) is 7.27. The van der Waals surface area contributed by atoms with Crippen molar-refractivity contribution in [1.29, 1.82) is 0 Å². The lowest BCUT2D eigenvalue weighted by Gasteiger charge is -2.30. The van der Waals surface area contributed by atoms with Gasteiger partial charge >= 0.3 is 0 Å². The van der Waals surface area contributed by atoms with Gasteiger partial charge in [0, 0.05) is 29.7 Å². The third-order valence-corrected chi connectivity index (χ3v) is 3.61. The van der Waals surface area contributed by atoms with Crippen molar-refractivity contribution in [3.8, 4) is 0 Å². The van der Waals surface area contributed by atoms with Crippen LogP contribution in [0.5, 0.6) is 0 Å². The van der Waals surface area contributed by atoms with Crippen molar-refractivity contribution in [2.24, 2.45) is 5.73 Å². The number of halogens is 2. The lowest BCUT2D eigenvalue weighted by atomic mass is 10.0. The molecular formula is C14H22BrFN2O. The van der Waals surface area contributed by atoms with E-state index in [2.05, 4.69) is 20.8 Å². The topological polar surface area (TPSA) is 38.5 Å². The molecule has 0 radical (unpaired) electrons. The fraction of sp³-hybridized carbons (Fsp3) is 0.571. The van der Waals surface area contributed by atoms with E-state index >= 15 is 0 Å². The Kier molecular flexibility index (Phi) is 7.53. The molecule has 2 N–H and O–H groups in total. The quantitative estimate of drug-likeness (QED) is 0.744. The molecule has 0 aliphatic rings. The second-order valence-corrected chi connectivity index (χ2v) is 5.16. The summed E-state index contributed by atoms with van der Waals surface area (Å²) in [7, 11) is 0. The first-order chi connectivity index (χ1) is 9.13. The highest BCUT2D eigenvalue weighted by Gasteiger charge is 2.20. The minimum absolute atomic E-state index is 0.122. The number of nitrogens with zero attached hydrogens (tertiary/aromatic N) is 1. The first kappa shape index (κ1) is 16.6. The van der Waals surface area contributed by atoms with Crippen LogP contribution in [0.1, 0.15) is 25.5 Å². The fourth-order valence-electron chi connectivity index (χ4n) is 2.10. The standard InChI is InChI=1S/C14H22BrFN2O/c1-3-18(7-8-19-4-2)14(10-17)12-9-11(15)5-6-13(12)16/h5-6,9,14H,3-4,7-8,10,17H2,1-2H3. The molecular weight excluding hydrogens is 311 g/mol. The first-order valence-electron chi connectivity index (χ1n) is 6.60. The summed E-state index contributed by atoms with van der Waals surface area (Å²) in [6, 6.07) is 4.85. The second kappa shape index (κ2) is 8.64. The number of hydrogen-bond acceptors (Lipinski definition) is 3. The summed E-state index contributed by atoms with van der Waals surface area (Å²) in [6.07, 6.45) is 0. The molecule has 0 aromatic heterocycles. The largest absolute Gasteiger partial charge is 0.380 e. The van der Waals surface area contributed by atoms with Crippen molar-refractivity contribution < 1.29 is 9.13 Å². The molecule has 0 spiro atoms. The predicted octanol–water partition coefficient (Wildman–Crippen LogP) is 2.95. The minimum Gasteiger partial charge on any atom is -0.380 e. The van der Waals surface area contributed by atoms with Crippen molar-refractivity contribution >= 4 is 15.9 Å². The number of likely N-dealkylation sites (N-methyl/N-ethyl adjacent to an activating group) is 1. The molecule has 0 saturated carbocycles. The fourth-order valence-corrected chi connectivity index (χ4v) is 2.48. The number of hydrogen-bond donors (Lipinski definition) is 1. The van der Waals surface area contributed by atoms with Crippen LogP contribution in [0.4, 0.5) is 4.39 Å². The van der Waals surface area contributed by atoms with Gasteiger partial charge in [-0.2, -0.15) is 0 Å². The van der Waals surface area contributed by atoms with E-state index in [4.69, 9.17) is 10.5 Å². The molecule has 1 rings (SSSR count). The Morgan fingerprint density at radius 1 is 1.42 bits per heavy atom. The third kappa shape index (κ3) is 4.84. The van der Waals surface area contributed by atoms with Crippen LogP contribution in [0.15, 0.2) is 22.7 Å². The molecule has 0 aliphatic carbocycles. The molecule has 0 fully saturated rings. The molecule has 0 amide bonds. The number of rotatable bonds is 8. The van der Waals surface area contributed by atoms with E-state index in [0.29, 0.717) is 25.3 Å². The zero-order chi connectivity index (χ0) is 14.3. The van der Waals surface area contributed by atoms with Gasteiger partial charge in [0.2, 0.25) is 0 Å². The zero-order valence-corrected chi connectivity index (χ0v) is 13.1. The maximum Gasteiger partial charge on any atom is 0.128 e. The first-order valence-corrected chi connectivity index (χ1v) is 7.40. The van der Waals surface area contributed by atoms with Crippen molar-refractivity contribution in [3.05, 3.63) is 34.1 Å². The van der Waals surface area contributed by atoms with E-state index in [-0.39, 0.29) is 11.9 Å². The Balaban J connectivity index is 2.86. The molecule has 1 unspecified atom stereocenters. The van der Waals surface area contributed by atoms with Crippen molar-refractivity contribution in [2.45, 2.75) is 19.9 Å². The van der Waals surface area contributed by atoms with Gasteiger partial charge in [0.05, 0.1) is 12.6 Å². The van der Waals surface area contributed by atoms with Crippen LogP contribution >= 0.6 is 15.9 Å². The van der Waals surface area contributed by atoms with Gasteiger partial charge in [-0.05, 0) is 31.7 Å². The Morgan fingerprint density at radius 3 is 2.74 bits per heavy atom. The summed E-state index contributed by atoms with van der Waals surface area (Å²) in [5.74, 6) is -0.214. The van der Waals surface area contributed by atoms with Gasteiger partial charge in [-0.3, -0.25) is 4.90 Å². The molecule has 0 saturated heterocycles. The number of ether oxygens (including phenoxy) is 1. The van der Waals surface area contributed by atoms with Gasteiger partial charge in [0.25, 0.3) is 0 Å². The van der Waals surface area contributed by atoms with Crippen molar-refractivity contribution in [3.63, 3.8) is 0 Å². The van der Waals surface area contributed by atoms with Gasteiger partial charge in [-0.25, -0.2) is 4.39 Å². The van der Waals surface area contributed by atoms with Crippen LogP contribution in [-0.4, -0.2) is 37.7 Å². The van der Waals surface area contributed by atoms with Crippen LogP contribution in [0.25, 0.3) is 0 Å². The maximum atomic E-state index is 14.0. The molecule has 1 aromatic carbocycles. The highest BCUT2D eigenvalue weighted by atomic mass is 79.9. The van der Waals surface area contributed by atoms with Crippen molar-refractivity contribution in [2.75, 3.05) is 32.8 Å². The average molecular weight is 333 g/mol. The summed E-state index contributed by atoms with van der Waals surface area (Å²) in [4.78, 5) is 2.14. The lowest BCUT2D eigenvalue weighted by Crippen LogP contribution is -2.36. The summed E-state index contributed by atoms with van der Waals surface area (Å²) >= 11 is 3.38. The van der Waals surface area contributed by atoms with Gasteiger partial charge in [0.15, 0.2) is 0 Å². The lowest BCUT2D eigenvalue weighted by molar-refractivity contribution is 0.0972. The van der Waals surface area contributed by atoms with E-state index < -0.39 is 0 Å². The molecule has 0 bridgehead atoms. The predicted molar refractivity (Wildman–Crippen MR) is 79.6 cm³/mol. The number of benzene rings is 1. The zero-order valence-electron chi connectivity index (χ0n) is 11.5. The molecule has 19 heavy (non-hydrogen) atoms. The second-order valence-electron chi connectivity index (χ2n) is 4.24. The smallest absolute Gasteiger partial charge is 0.128 e. The molecule has 5 heteroatoms. The normalized spacial score (nSPS) is 12.9. The summed E-state index contributed by atoms with van der Waals surface area (Å²) in [5, 5.41) is 0. The highest BCUT2D eigenvalue weighted by Crippen LogP contribution is 2.25. The highest BCUT2D eigenvalue weighted by molar-refractivity contribution is 9.10. The van der Waals surface area contributed by atoms with Crippen LogP contribution in [0.2, 0.25) is 0 Å². The van der Waals surface area contributed by atoms with Gasteiger partial charge < -0.3 is 10.5 Å². The van der Waals surface area contributed by atoms with Crippen LogP contribution in [0.3, 0.4) is 0 Å². The van der Waals surface area contributed by atoms with Crippen LogP contribution in [0, 0.1) is 5.82 Å². The molecule has 108 valence electrons.